The van der Waals surface area contributed by atoms with E-state index in [1.165, 1.54) is 27.8 Å². The number of amides is 1. The van der Waals surface area contributed by atoms with E-state index in [-0.39, 0.29) is 23.9 Å². The van der Waals surface area contributed by atoms with E-state index >= 15 is 0 Å². The molecule has 10 heteroatoms. The Morgan fingerprint density at radius 2 is 1.80 bits per heavy atom. The molecular weight excluding hydrogens is 511 g/mol. The monoisotopic (exact) mass is 542 g/mol. The molecule has 0 spiro atoms. The molecule has 5 rings (SSSR count). The fourth-order valence-electron chi connectivity index (χ4n) is 4.92. The summed E-state index contributed by atoms with van der Waals surface area (Å²) in [4.78, 5) is 31.9. The van der Waals surface area contributed by atoms with Gasteiger partial charge in [0.25, 0.3) is 11.5 Å². The number of nitrogens with zero attached hydrogens (tertiary/aromatic N) is 6. The summed E-state index contributed by atoms with van der Waals surface area (Å²) in [5, 5.41) is 10.6. The van der Waals surface area contributed by atoms with E-state index < -0.39 is 11.9 Å². The fraction of sp³-hybridized carbons (Fsp3) is 0.300. The smallest absolute Gasteiger partial charge is 0.263 e. The van der Waals surface area contributed by atoms with Gasteiger partial charge >= 0.3 is 0 Å². The standard InChI is InChI=1S/C30H31FN6O3/c1-5-6-24-16-28(38)35(30(32-24)36-20(3)15-19(2)33-36)18-29(39)37-27(22-7-11-23(31)12-8-22)17-26(34-37)21-9-13-25(40-4)14-10-21/h7-16,27H,5-6,17-18H2,1-4H3. The van der Waals surface area contributed by atoms with E-state index in [9.17, 15) is 14.0 Å². The van der Waals surface area contributed by atoms with Gasteiger partial charge in [-0.1, -0.05) is 25.5 Å². The fourth-order valence-corrected chi connectivity index (χ4v) is 4.92. The van der Waals surface area contributed by atoms with Crippen LogP contribution in [0.2, 0.25) is 0 Å². The predicted octanol–water partition coefficient (Wildman–Crippen LogP) is 4.52. The molecule has 0 aliphatic carbocycles. The Morgan fingerprint density at radius 1 is 1.07 bits per heavy atom. The normalized spacial score (nSPS) is 14.9. The highest BCUT2D eigenvalue weighted by Crippen LogP contribution is 2.33. The molecule has 0 N–H and O–H groups in total. The highest BCUT2D eigenvalue weighted by atomic mass is 19.1. The zero-order valence-electron chi connectivity index (χ0n) is 23.0. The molecule has 206 valence electrons. The second-order valence-corrected chi connectivity index (χ2v) is 9.85. The molecule has 9 nitrogen and oxygen atoms in total. The van der Waals surface area contributed by atoms with E-state index in [1.54, 1.807) is 23.9 Å². The number of methoxy groups -OCH3 is 1. The second kappa shape index (κ2) is 11.3. The Labute approximate surface area is 231 Å². The molecule has 1 amide bonds. The minimum Gasteiger partial charge on any atom is -0.497 e. The molecule has 1 aliphatic rings. The number of hydrogen-bond acceptors (Lipinski definition) is 6. The van der Waals surface area contributed by atoms with Crippen LogP contribution in [0.1, 0.15) is 54.0 Å². The highest BCUT2D eigenvalue weighted by Gasteiger charge is 2.34. The molecule has 40 heavy (non-hydrogen) atoms. The number of hydrogen-bond donors (Lipinski definition) is 0. The van der Waals surface area contributed by atoms with Gasteiger partial charge in [-0.15, -0.1) is 0 Å². The lowest BCUT2D eigenvalue weighted by molar-refractivity contribution is -0.133. The van der Waals surface area contributed by atoms with Gasteiger partial charge in [0, 0.05) is 23.9 Å². The van der Waals surface area contributed by atoms with Gasteiger partial charge in [-0.25, -0.2) is 19.1 Å². The third-order valence-electron chi connectivity index (χ3n) is 6.88. The van der Waals surface area contributed by atoms with E-state index in [1.807, 2.05) is 51.1 Å². The molecule has 4 aromatic rings. The Hall–Kier alpha value is -4.60. The summed E-state index contributed by atoms with van der Waals surface area (Å²) in [6.45, 7) is 5.46. The first-order valence-corrected chi connectivity index (χ1v) is 13.2. The van der Waals surface area contributed by atoms with Gasteiger partial charge < -0.3 is 4.74 Å². The van der Waals surface area contributed by atoms with Crippen LogP contribution in [0.5, 0.6) is 5.75 Å². The molecule has 1 unspecified atom stereocenters. The zero-order valence-corrected chi connectivity index (χ0v) is 23.0. The average molecular weight is 543 g/mol. The third-order valence-corrected chi connectivity index (χ3v) is 6.88. The van der Waals surface area contributed by atoms with Crippen LogP contribution in [0.25, 0.3) is 5.95 Å². The molecule has 0 saturated heterocycles. The molecule has 0 bridgehead atoms. The summed E-state index contributed by atoms with van der Waals surface area (Å²) in [5.41, 5.74) is 4.15. The van der Waals surface area contributed by atoms with Crippen molar-refractivity contribution in [3.8, 4) is 11.7 Å². The van der Waals surface area contributed by atoms with Crippen molar-refractivity contribution in [2.75, 3.05) is 7.11 Å². The third kappa shape index (κ3) is 5.42. The van der Waals surface area contributed by atoms with Crippen molar-refractivity contribution in [3.05, 3.63) is 105 Å². The van der Waals surface area contributed by atoms with Crippen LogP contribution in [-0.4, -0.2) is 43.1 Å². The first-order chi connectivity index (χ1) is 19.3. The SMILES string of the molecule is CCCc1cc(=O)n(CC(=O)N2N=C(c3ccc(OC)cc3)CC2c2ccc(F)cc2)c(-n2nc(C)cc2C)n1. The molecule has 1 atom stereocenters. The van der Waals surface area contributed by atoms with Crippen LogP contribution in [0.3, 0.4) is 0 Å². The number of aryl methyl sites for hydroxylation is 3. The van der Waals surface area contributed by atoms with Gasteiger partial charge in [0.15, 0.2) is 0 Å². The quantitative estimate of drug-likeness (QED) is 0.326. The molecule has 0 saturated carbocycles. The van der Waals surface area contributed by atoms with Gasteiger partial charge in [-0.05, 0) is 73.9 Å². The van der Waals surface area contributed by atoms with Crippen molar-refractivity contribution in [1.82, 2.24) is 24.3 Å². The maximum Gasteiger partial charge on any atom is 0.263 e. The Bertz CT molecular complexity index is 1620. The summed E-state index contributed by atoms with van der Waals surface area (Å²) >= 11 is 0. The molecule has 0 fully saturated rings. The topological polar surface area (TPSA) is 94.6 Å². The Morgan fingerprint density at radius 3 is 2.42 bits per heavy atom. The lowest BCUT2D eigenvalue weighted by Crippen LogP contribution is -2.36. The zero-order chi connectivity index (χ0) is 28.4. The maximum atomic E-state index is 13.9. The van der Waals surface area contributed by atoms with Gasteiger partial charge in [-0.2, -0.15) is 10.2 Å². The van der Waals surface area contributed by atoms with Crippen LogP contribution >= 0.6 is 0 Å². The van der Waals surface area contributed by atoms with Crippen LogP contribution in [0.4, 0.5) is 4.39 Å². The minimum absolute atomic E-state index is 0.284. The maximum absolute atomic E-state index is 13.9. The molecule has 1 aliphatic heterocycles. The molecule has 2 aromatic carbocycles. The van der Waals surface area contributed by atoms with Gasteiger partial charge in [-0.3, -0.25) is 14.2 Å². The van der Waals surface area contributed by atoms with E-state index in [4.69, 9.17) is 14.8 Å². The molecular formula is C30H31FN6O3. The Kier molecular flexibility index (Phi) is 7.59. The van der Waals surface area contributed by atoms with Crippen LogP contribution in [0.15, 0.2) is 70.6 Å². The molecule has 0 radical (unpaired) electrons. The van der Waals surface area contributed by atoms with Crippen LogP contribution in [0, 0.1) is 19.7 Å². The number of halogens is 1. The van der Waals surface area contributed by atoms with E-state index in [2.05, 4.69) is 5.10 Å². The number of benzene rings is 2. The van der Waals surface area contributed by atoms with E-state index in [0.29, 0.717) is 30.0 Å². The van der Waals surface area contributed by atoms with Gasteiger partial charge in [0.1, 0.15) is 18.1 Å². The second-order valence-electron chi connectivity index (χ2n) is 9.85. The molecule has 2 aromatic heterocycles. The number of rotatable bonds is 8. The minimum atomic E-state index is -0.467. The number of aromatic nitrogens is 4. The van der Waals surface area contributed by atoms with E-state index in [0.717, 1.165) is 28.9 Å². The molecule has 3 heterocycles. The van der Waals surface area contributed by atoms with Crippen molar-refractivity contribution in [3.63, 3.8) is 0 Å². The first-order valence-electron chi connectivity index (χ1n) is 13.2. The van der Waals surface area contributed by atoms with Gasteiger partial charge in [0.05, 0.1) is 24.6 Å². The van der Waals surface area contributed by atoms with Gasteiger partial charge in [0.2, 0.25) is 5.95 Å². The summed E-state index contributed by atoms with van der Waals surface area (Å²) in [6, 6.07) is 16.4. The highest BCUT2D eigenvalue weighted by molar-refractivity contribution is 6.03. The lowest BCUT2D eigenvalue weighted by Gasteiger charge is -2.23. The summed E-state index contributed by atoms with van der Waals surface area (Å²) < 4.78 is 21.9. The van der Waals surface area contributed by atoms with Crippen molar-refractivity contribution in [1.29, 1.82) is 0 Å². The first kappa shape index (κ1) is 27.0. The van der Waals surface area contributed by atoms with Crippen molar-refractivity contribution < 1.29 is 13.9 Å². The largest absolute Gasteiger partial charge is 0.497 e. The number of ether oxygens (including phenoxy) is 1. The van der Waals surface area contributed by atoms with Crippen LogP contribution in [-0.2, 0) is 17.8 Å². The summed E-state index contributed by atoms with van der Waals surface area (Å²) in [5.74, 6) is 0.232. The Balaban J connectivity index is 1.54. The lowest BCUT2D eigenvalue weighted by atomic mass is 9.98. The average Bonchev–Trinajstić information content (AvgIpc) is 3.53. The summed E-state index contributed by atoms with van der Waals surface area (Å²) in [7, 11) is 1.60. The number of carbonyl (C=O) groups is 1. The van der Waals surface area contributed by atoms with Crippen molar-refractivity contribution >= 4 is 11.6 Å². The van der Waals surface area contributed by atoms with Crippen molar-refractivity contribution in [2.24, 2.45) is 5.10 Å². The van der Waals surface area contributed by atoms with Crippen molar-refractivity contribution in [2.45, 2.75) is 52.6 Å². The number of carbonyl (C=O) groups excluding carboxylic acids is 1. The van der Waals surface area contributed by atoms with Crippen LogP contribution < -0.4 is 10.3 Å². The number of hydrazone groups is 1. The summed E-state index contributed by atoms with van der Waals surface area (Å²) in [6.07, 6.45) is 1.88. The predicted molar refractivity (Wildman–Crippen MR) is 149 cm³/mol.